The van der Waals surface area contributed by atoms with Crippen molar-refractivity contribution in [2.75, 3.05) is 5.75 Å². The summed E-state index contributed by atoms with van der Waals surface area (Å²) in [5.74, 6) is 4.08. The van der Waals surface area contributed by atoms with E-state index < -0.39 is 21.4 Å². The molecule has 0 saturated heterocycles. The van der Waals surface area contributed by atoms with Crippen LogP contribution in [-0.4, -0.2) is 20.0 Å². The highest BCUT2D eigenvalue weighted by Gasteiger charge is 2.22. The van der Waals surface area contributed by atoms with Gasteiger partial charge in [-0.1, -0.05) is 37.0 Å². The minimum absolute atomic E-state index is 0.261. The molecule has 0 aliphatic carbocycles. The van der Waals surface area contributed by atoms with E-state index in [9.17, 15) is 13.2 Å². The number of aryl methyl sites for hydroxylation is 3. The molecule has 114 valence electrons. The van der Waals surface area contributed by atoms with Crippen molar-refractivity contribution in [3.63, 3.8) is 0 Å². The van der Waals surface area contributed by atoms with Crippen LogP contribution in [0.25, 0.3) is 0 Å². The van der Waals surface area contributed by atoms with Crippen molar-refractivity contribution >= 4 is 15.6 Å². The number of unbranched alkanes of at least 4 members (excludes halogenated alkanes) is 2. The van der Waals surface area contributed by atoms with Crippen LogP contribution in [0.4, 0.5) is 0 Å². The molecule has 0 amide bonds. The van der Waals surface area contributed by atoms with Crippen LogP contribution in [0.2, 0.25) is 0 Å². The van der Waals surface area contributed by atoms with E-state index in [1.54, 1.807) is 13.8 Å². The van der Waals surface area contributed by atoms with Gasteiger partial charge in [0.15, 0.2) is 9.84 Å². The van der Waals surface area contributed by atoms with Crippen LogP contribution in [0.1, 0.15) is 42.9 Å². The molecule has 0 fully saturated rings. The molecule has 0 heterocycles. The van der Waals surface area contributed by atoms with E-state index in [1.165, 1.54) is 0 Å². The Kier molecular flexibility index (Phi) is 6.17. The summed E-state index contributed by atoms with van der Waals surface area (Å²) in [6, 6.07) is 3.63. The first kappa shape index (κ1) is 17.5. The number of hydrogen-bond acceptors (Lipinski definition) is 3. The van der Waals surface area contributed by atoms with Gasteiger partial charge in [-0.15, -0.1) is 0 Å². The van der Waals surface area contributed by atoms with E-state index >= 15 is 0 Å². The van der Waals surface area contributed by atoms with E-state index in [1.807, 2.05) is 26.0 Å². The molecule has 0 atom stereocenters. The van der Waals surface area contributed by atoms with Gasteiger partial charge in [0.25, 0.3) is 0 Å². The first-order valence-corrected chi connectivity index (χ1v) is 8.75. The van der Waals surface area contributed by atoms with Crippen LogP contribution >= 0.6 is 0 Å². The van der Waals surface area contributed by atoms with Crippen LogP contribution in [-0.2, 0) is 14.6 Å². The maximum absolute atomic E-state index is 12.4. The zero-order valence-electron chi connectivity index (χ0n) is 13.1. The van der Waals surface area contributed by atoms with E-state index in [0.29, 0.717) is 17.5 Å². The number of Topliss-reactive ketones (excluding diaryl/α,β-unsaturated/α-hetero) is 1. The smallest absolute Gasteiger partial charge is 0.220 e. The highest BCUT2D eigenvalue weighted by molar-refractivity contribution is 7.92. The zero-order valence-corrected chi connectivity index (χ0v) is 13.9. The van der Waals surface area contributed by atoms with Crippen LogP contribution < -0.4 is 0 Å². The SMILES string of the molecule is CCCCC#CC(=O)CS(=O)(=O)c1c(C)cc(C)cc1C. The molecule has 3 nitrogen and oxygen atoms in total. The second-order valence-corrected chi connectivity index (χ2v) is 7.24. The summed E-state index contributed by atoms with van der Waals surface area (Å²) >= 11 is 0. The van der Waals surface area contributed by atoms with Gasteiger partial charge in [-0.05, 0) is 44.2 Å². The van der Waals surface area contributed by atoms with Crippen LogP contribution in [0, 0.1) is 32.6 Å². The molecule has 4 heteroatoms. The van der Waals surface area contributed by atoms with Crippen LogP contribution in [0.3, 0.4) is 0 Å². The Balaban J connectivity index is 2.97. The molecule has 0 aliphatic rings. The van der Waals surface area contributed by atoms with Gasteiger partial charge >= 0.3 is 0 Å². The van der Waals surface area contributed by atoms with Gasteiger partial charge in [-0.25, -0.2) is 8.42 Å². The Morgan fingerprint density at radius 2 is 1.71 bits per heavy atom. The summed E-state index contributed by atoms with van der Waals surface area (Å²) in [6.45, 7) is 7.46. The molecule has 21 heavy (non-hydrogen) atoms. The molecule has 0 bridgehead atoms. The fourth-order valence-corrected chi connectivity index (χ4v) is 4.03. The summed E-state index contributed by atoms with van der Waals surface area (Å²) in [6.07, 6.45) is 2.55. The van der Waals surface area contributed by atoms with Gasteiger partial charge in [0, 0.05) is 6.42 Å². The molecule has 0 unspecified atom stereocenters. The molecule has 0 aliphatic heterocycles. The lowest BCUT2D eigenvalue weighted by Crippen LogP contribution is -2.17. The number of ketones is 1. The molecule has 0 N–H and O–H groups in total. The van der Waals surface area contributed by atoms with Crippen molar-refractivity contribution in [3.05, 3.63) is 28.8 Å². The summed E-state index contributed by atoms with van der Waals surface area (Å²) in [4.78, 5) is 12.0. The van der Waals surface area contributed by atoms with Crippen LogP contribution in [0.5, 0.6) is 0 Å². The lowest BCUT2D eigenvalue weighted by atomic mass is 10.1. The standard InChI is InChI=1S/C17H22O3S/c1-5-6-7-8-9-16(18)12-21(19,20)17-14(3)10-13(2)11-15(17)4/h10-11H,5-7,12H2,1-4H3. The molecular formula is C17H22O3S. The predicted octanol–water partition coefficient (Wildman–Crippen LogP) is 3.15. The maximum Gasteiger partial charge on any atom is 0.220 e. The molecular weight excluding hydrogens is 284 g/mol. The number of carbonyl (C=O) groups is 1. The number of benzene rings is 1. The highest BCUT2D eigenvalue weighted by atomic mass is 32.2. The quantitative estimate of drug-likeness (QED) is 0.477. The lowest BCUT2D eigenvalue weighted by molar-refractivity contribution is -0.111. The molecule has 0 saturated carbocycles. The van der Waals surface area contributed by atoms with Gasteiger partial charge in [0.2, 0.25) is 5.78 Å². The van der Waals surface area contributed by atoms with Crippen molar-refractivity contribution in [1.29, 1.82) is 0 Å². The first-order valence-electron chi connectivity index (χ1n) is 7.10. The van der Waals surface area contributed by atoms with Gasteiger partial charge in [-0.2, -0.15) is 0 Å². The van der Waals surface area contributed by atoms with Crippen molar-refractivity contribution < 1.29 is 13.2 Å². The van der Waals surface area contributed by atoms with Gasteiger partial charge in [0.1, 0.15) is 5.75 Å². The van der Waals surface area contributed by atoms with Crippen molar-refractivity contribution in [2.24, 2.45) is 0 Å². The zero-order chi connectivity index (χ0) is 16.0. The Morgan fingerprint density at radius 3 is 2.24 bits per heavy atom. The minimum atomic E-state index is -3.63. The first-order chi connectivity index (χ1) is 9.77. The average molecular weight is 306 g/mol. The second-order valence-electron chi connectivity index (χ2n) is 5.32. The highest BCUT2D eigenvalue weighted by Crippen LogP contribution is 2.22. The molecule has 0 spiro atoms. The maximum atomic E-state index is 12.4. The second kappa shape index (κ2) is 7.42. The van der Waals surface area contributed by atoms with Crippen molar-refractivity contribution in [2.45, 2.75) is 51.9 Å². The third-order valence-electron chi connectivity index (χ3n) is 3.12. The van der Waals surface area contributed by atoms with E-state index in [2.05, 4.69) is 11.8 Å². The fraction of sp³-hybridized carbons (Fsp3) is 0.471. The average Bonchev–Trinajstić information content (AvgIpc) is 2.32. The van der Waals surface area contributed by atoms with E-state index in [4.69, 9.17) is 0 Å². The van der Waals surface area contributed by atoms with Gasteiger partial charge < -0.3 is 0 Å². The summed E-state index contributed by atoms with van der Waals surface area (Å²) in [7, 11) is -3.63. The normalized spacial score (nSPS) is 10.9. The summed E-state index contributed by atoms with van der Waals surface area (Å²) < 4.78 is 24.8. The Labute approximate surface area is 127 Å². The predicted molar refractivity (Wildman–Crippen MR) is 85.0 cm³/mol. The molecule has 1 aromatic rings. The topological polar surface area (TPSA) is 51.2 Å². The van der Waals surface area contributed by atoms with Crippen molar-refractivity contribution in [1.82, 2.24) is 0 Å². The van der Waals surface area contributed by atoms with Crippen molar-refractivity contribution in [3.8, 4) is 11.8 Å². The Morgan fingerprint density at radius 1 is 1.14 bits per heavy atom. The third kappa shape index (κ3) is 5.02. The lowest BCUT2D eigenvalue weighted by Gasteiger charge is -2.10. The van der Waals surface area contributed by atoms with Gasteiger partial charge in [0.05, 0.1) is 4.90 Å². The molecule has 1 rings (SSSR count). The molecule has 0 aromatic heterocycles. The van der Waals surface area contributed by atoms with Crippen LogP contribution in [0.15, 0.2) is 17.0 Å². The van der Waals surface area contributed by atoms with E-state index in [0.717, 1.165) is 18.4 Å². The number of rotatable bonds is 5. The monoisotopic (exact) mass is 306 g/mol. The third-order valence-corrected chi connectivity index (χ3v) is 5.03. The largest absolute Gasteiger partial charge is 0.284 e. The molecule has 0 radical (unpaired) electrons. The molecule has 1 aromatic carbocycles. The Bertz CT molecular complexity index is 665. The van der Waals surface area contributed by atoms with E-state index in [-0.39, 0.29) is 4.90 Å². The summed E-state index contributed by atoms with van der Waals surface area (Å²) in [5.41, 5.74) is 2.37. The number of carbonyl (C=O) groups excluding carboxylic acids is 1. The minimum Gasteiger partial charge on any atom is -0.284 e. The fourth-order valence-electron chi connectivity index (χ4n) is 2.36. The number of sulfone groups is 1. The number of hydrogen-bond donors (Lipinski definition) is 0. The Hall–Kier alpha value is -1.60. The van der Waals surface area contributed by atoms with Gasteiger partial charge in [-0.3, -0.25) is 4.79 Å². The summed E-state index contributed by atoms with van der Waals surface area (Å²) in [5, 5.41) is 0.